The standard InChI is InChI=1S/C9H14ClN3O/c1-5-7(8(10)13(2)12-5)9(11)3-6(14)4-9/h6,14H,3-4,11H2,1-2H3. The maximum absolute atomic E-state index is 9.28. The van der Waals surface area contributed by atoms with Crippen LogP contribution >= 0.6 is 11.6 Å². The van der Waals surface area contributed by atoms with Crippen LogP contribution in [0.15, 0.2) is 0 Å². The fourth-order valence-electron chi connectivity index (χ4n) is 2.18. The van der Waals surface area contributed by atoms with E-state index in [0.29, 0.717) is 18.0 Å². The Kier molecular flexibility index (Phi) is 2.10. The molecule has 1 aromatic heterocycles. The largest absolute Gasteiger partial charge is 0.393 e. The van der Waals surface area contributed by atoms with Crippen molar-refractivity contribution in [2.45, 2.75) is 31.4 Å². The molecule has 1 heterocycles. The molecule has 1 fully saturated rings. The van der Waals surface area contributed by atoms with Crippen LogP contribution in [0.4, 0.5) is 0 Å². The first-order chi connectivity index (χ1) is 6.44. The minimum Gasteiger partial charge on any atom is -0.393 e. The normalized spacial score (nSPS) is 31.6. The van der Waals surface area contributed by atoms with Gasteiger partial charge in [0.15, 0.2) is 0 Å². The number of aromatic nitrogens is 2. The topological polar surface area (TPSA) is 64.1 Å². The zero-order chi connectivity index (χ0) is 10.5. The van der Waals surface area contributed by atoms with Crippen LogP contribution in [-0.4, -0.2) is 21.0 Å². The van der Waals surface area contributed by atoms with Gasteiger partial charge in [0.05, 0.1) is 17.3 Å². The molecule has 0 amide bonds. The quantitative estimate of drug-likeness (QED) is 0.725. The van der Waals surface area contributed by atoms with Gasteiger partial charge in [0.1, 0.15) is 5.15 Å². The van der Waals surface area contributed by atoms with Crippen molar-refractivity contribution >= 4 is 11.6 Å². The van der Waals surface area contributed by atoms with E-state index in [-0.39, 0.29) is 6.10 Å². The molecule has 0 radical (unpaired) electrons. The molecule has 78 valence electrons. The van der Waals surface area contributed by atoms with Crippen molar-refractivity contribution in [1.82, 2.24) is 9.78 Å². The van der Waals surface area contributed by atoms with Gasteiger partial charge in [-0.1, -0.05) is 11.6 Å². The van der Waals surface area contributed by atoms with E-state index in [9.17, 15) is 5.11 Å². The van der Waals surface area contributed by atoms with Crippen molar-refractivity contribution in [3.63, 3.8) is 0 Å². The first-order valence-electron chi connectivity index (χ1n) is 4.60. The second-order valence-electron chi connectivity index (χ2n) is 4.09. The van der Waals surface area contributed by atoms with Gasteiger partial charge in [0, 0.05) is 12.6 Å². The van der Waals surface area contributed by atoms with Crippen molar-refractivity contribution in [2.75, 3.05) is 0 Å². The van der Waals surface area contributed by atoms with Crippen LogP contribution in [-0.2, 0) is 12.6 Å². The Balaban J connectivity index is 2.41. The van der Waals surface area contributed by atoms with Gasteiger partial charge in [-0.15, -0.1) is 0 Å². The zero-order valence-corrected chi connectivity index (χ0v) is 9.04. The van der Waals surface area contributed by atoms with Crippen molar-refractivity contribution < 1.29 is 5.11 Å². The molecular weight excluding hydrogens is 202 g/mol. The summed E-state index contributed by atoms with van der Waals surface area (Å²) in [6.07, 6.45) is 0.842. The Hall–Kier alpha value is -0.580. The van der Waals surface area contributed by atoms with Crippen LogP contribution in [0.3, 0.4) is 0 Å². The molecule has 5 heteroatoms. The highest BCUT2D eigenvalue weighted by Crippen LogP contribution is 2.43. The molecule has 1 saturated carbocycles. The fourth-order valence-corrected chi connectivity index (χ4v) is 2.54. The Morgan fingerprint density at radius 2 is 2.21 bits per heavy atom. The molecule has 2 rings (SSSR count). The van der Waals surface area contributed by atoms with E-state index in [1.54, 1.807) is 11.7 Å². The first kappa shape index (κ1) is 9.96. The van der Waals surface area contributed by atoms with Crippen LogP contribution < -0.4 is 5.73 Å². The Bertz CT molecular complexity index is 368. The summed E-state index contributed by atoms with van der Waals surface area (Å²) >= 11 is 6.10. The SMILES string of the molecule is Cc1nn(C)c(Cl)c1C1(N)CC(O)C1. The van der Waals surface area contributed by atoms with E-state index in [2.05, 4.69) is 5.10 Å². The summed E-state index contributed by atoms with van der Waals surface area (Å²) in [5, 5.41) is 14.1. The second kappa shape index (κ2) is 2.95. The number of nitrogens with two attached hydrogens (primary N) is 1. The summed E-state index contributed by atoms with van der Waals surface area (Å²) in [6.45, 7) is 1.89. The van der Waals surface area contributed by atoms with Crippen molar-refractivity contribution in [2.24, 2.45) is 12.8 Å². The third-order valence-electron chi connectivity index (χ3n) is 2.85. The minimum absolute atomic E-state index is 0.296. The van der Waals surface area contributed by atoms with Crippen LogP contribution in [0, 0.1) is 6.92 Å². The maximum Gasteiger partial charge on any atom is 0.132 e. The zero-order valence-electron chi connectivity index (χ0n) is 8.29. The first-order valence-corrected chi connectivity index (χ1v) is 4.98. The highest BCUT2D eigenvalue weighted by Gasteiger charge is 2.45. The lowest BCUT2D eigenvalue weighted by atomic mass is 9.71. The van der Waals surface area contributed by atoms with Gasteiger partial charge < -0.3 is 10.8 Å². The summed E-state index contributed by atoms with van der Waals surface area (Å²) in [5.41, 5.74) is 7.39. The maximum atomic E-state index is 9.28. The lowest BCUT2D eigenvalue weighted by molar-refractivity contribution is 0.0207. The lowest BCUT2D eigenvalue weighted by Crippen LogP contribution is -2.52. The molecule has 1 aromatic rings. The van der Waals surface area contributed by atoms with E-state index in [0.717, 1.165) is 11.3 Å². The smallest absolute Gasteiger partial charge is 0.132 e. The molecule has 0 bridgehead atoms. The number of aliphatic hydroxyl groups excluding tert-OH is 1. The summed E-state index contributed by atoms with van der Waals surface area (Å²) in [5.74, 6) is 0. The van der Waals surface area contributed by atoms with Gasteiger partial charge in [0.25, 0.3) is 0 Å². The summed E-state index contributed by atoms with van der Waals surface area (Å²) in [6, 6.07) is 0. The number of halogens is 1. The summed E-state index contributed by atoms with van der Waals surface area (Å²) in [7, 11) is 1.79. The van der Waals surface area contributed by atoms with Gasteiger partial charge in [-0.25, -0.2) is 0 Å². The third-order valence-corrected chi connectivity index (χ3v) is 3.28. The highest BCUT2D eigenvalue weighted by molar-refractivity contribution is 6.30. The number of aryl methyl sites for hydroxylation is 2. The third kappa shape index (κ3) is 1.26. The highest BCUT2D eigenvalue weighted by atomic mass is 35.5. The van der Waals surface area contributed by atoms with Gasteiger partial charge >= 0.3 is 0 Å². The van der Waals surface area contributed by atoms with Crippen molar-refractivity contribution in [3.8, 4) is 0 Å². The molecular formula is C9H14ClN3O. The van der Waals surface area contributed by atoms with Crippen LogP contribution in [0.25, 0.3) is 0 Å². The molecule has 1 aliphatic carbocycles. The number of aliphatic hydroxyl groups is 1. The van der Waals surface area contributed by atoms with E-state index < -0.39 is 5.54 Å². The molecule has 3 N–H and O–H groups in total. The molecule has 0 spiro atoms. The Morgan fingerprint density at radius 1 is 1.64 bits per heavy atom. The molecule has 0 saturated heterocycles. The number of hydrogen-bond acceptors (Lipinski definition) is 3. The number of hydrogen-bond donors (Lipinski definition) is 2. The monoisotopic (exact) mass is 215 g/mol. The van der Waals surface area contributed by atoms with Crippen LogP contribution in [0.2, 0.25) is 5.15 Å². The molecule has 14 heavy (non-hydrogen) atoms. The molecule has 0 unspecified atom stereocenters. The fraction of sp³-hybridized carbons (Fsp3) is 0.667. The summed E-state index contributed by atoms with van der Waals surface area (Å²) < 4.78 is 1.62. The lowest BCUT2D eigenvalue weighted by Gasteiger charge is -2.42. The van der Waals surface area contributed by atoms with Gasteiger partial charge in [0.2, 0.25) is 0 Å². The van der Waals surface area contributed by atoms with E-state index in [1.165, 1.54) is 0 Å². The molecule has 0 aliphatic heterocycles. The number of nitrogens with zero attached hydrogens (tertiary/aromatic N) is 2. The van der Waals surface area contributed by atoms with Crippen molar-refractivity contribution in [3.05, 3.63) is 16.4 Å². The predicted molar refractivity (Wildman–Crippen MR) is 54.1 cm³/mol. The van der Waals surface area contributed by atoms with Crippen LogP contribution in [0.5, 0.6) is 0 Å². The Labute approximate surface area is 87.7 Å². The summed E-state index contributed by atoms with van der Waals surface area (Å²) in [4.78, 5) is 0. The molecule has 4 nitrogen and oxygen atoms in total. The average molecular weight is 216 g/mol. The van der Waals surface area contributed by atoms with Gasteiger partial charge in [-0.3, -0.25) is 4.68 Å². The van der Waals surface area contributed by atoms with Crippen LogP contribution in [0.1, 0.15) is 24.1 Å². The second-order valence-corrected chi connectivity index (χ2v) is 4.45. The minimum atomic E-state index is -0.477. The van der Waals surface area contributed by atoms with Gasteiger partial charge in [-0.05, 0) is 19.8 Å². The number of rotatable bonds is 1. The molecule has 1 aliphatic rings. The predicted octanol–water partition coefficient (Wildman–Crippen LogP) is 0.691. The van der Waals surface area contributed by atoms with E-state index >= 15 is 0 Å². The molecule has 0 atom stereocenters. The average Bonchev–Trinajstić information content (AvgIpc) is 2.24. The van der Waals surface area contributed by atoms with Crippen molar-refractivity contribution in [1.29, 1.82) is 0 Å². The Morgan fingerprint density at radius 3 is 2.57 bits per heavy atom. The van der Waals surface area contributed by atoms with E-state index in [1.807, 2.05) is 6.92 Å². The van der Waals surface area contributed by atoms with E-state index in [4.69, 9.17) is 17.3 Å². The van der Waals surface area contributed by atoms with Gasteiger partial charge in [-0.2, -0.15) is 5.10 Å². The molecule has 0 aromatic carbocycles.